The van der Waals surface area contributed by atoms with Crippen LogP contribution in [0.3, 0.4) is 0 Å². The van der Waals surface area contributed by atoms with E-state index in [1.54, 1.807) is 0 Å². The molecule has 0 aromatic rings. The van der Waals surface area contributed by atoms with Gasteiger partial charge in [-0.15, -0.1) is 0 Å². The molecule has 0 heterocycles. The number of aliphatic carboxylic acids is 1. The van der Waals surface area contributed by atoms with Gasteiger partial charge in [0.2, 0.25) is 0 Å². The molecule has 1 rings (SSSR count). The van der Waals surface area contributed by atoms with Crippen molar-refractivity contribution in [1.29, 1.82) is 0 Å². The van der Waals surface area contributed by atoms with Gasteiger partial charge >= 0.3 is 5.97 Å². The minimum absolute atomic E-state index is 0.161. The van der Waals surface area contributed by atoms with E-state index in [1.807, 2.05) is 11.9 Å². The largest absolute Gasteiger partial charge is 0.480 e. The first kappa shape index (κ1) is 9.52. The van der Waals surface area contributed by atoms with E-state index in [4.69, 9.17) is 5.11 Å². The van der Waals surface area contributed by atoms with E-state index in [0.717, 1.165) is 12.3 Å². The molecule has 0 aromatic heterocycles. The van der Waals surface area contributed by atoms with E-state index in [0.29, 0.717) is 6.04 Å². The first-order chi connectivity index (χ1) is 5.59. The fraction of sp³-hybridized carbons (Fsp3) is 0.889. The van der Waals surface area contributed by atoms with Crippen molar-refractivity contribution in [2.75, 3.05) is 13.6 Å². The molecule has 0 bridgehead atoms. The van der Waals surface area contributed by atoms with E-state index in [-0.39, 0.29) is 6.54 Å². The molecule has 0 aromatic carbocycles. The number of nitrogens with zero attached hydrogens (tertiary/aromatic N) is 1. The minimum atomic E-state index is -0.736. The summed E-state index contributed by atoms with van der Waals surface area (Å²) in [5, 5.41) is 8.54. The topological polar surface area (TPSA) is 40.5 Å². The second-order valence-corrected chi connectivity index (χ2v) is 3.84. The summed E-state index contributed by atoms with van der Waals surface area (Å²) >= 11 is 0. The monoisotopic (exact) mass is 171 g/mol. The van der Waals surface area contributed by atoms with Crippen LogP contribution in [0.1, 0.15) is 26.2 Å². The van der Waals surface area contributed by atoms with Crippen molar-refractivity contribution in [2.24, 2.45) is 5.92 Å². The van der Waals surface area contributed by atoms with Crippen LogP contribution in [0.2, 0.25) is 0 Å². The molecule has 3 heteroatoms. The van der Waals surface area contributed by atoms with Crippen molar-refractivity contribution in [3.05, 3.63) is 0 Å². The first-order valence-corrected chi connectivity index (χ1v) is 4.51. The second kappa shape index (κ2) is 3.90. The highest BCUT2D eigenvalue weighted by atomic mass is 16.4. The zero-order valence-electron chi connectivity index (χ0n) is 7.79. The average Bonchev–Trinajstić information content (AvgIpc) is 2.70. The molecule has 0 amide bonds. The van der Waals surface area contributed by atoms with Crippen LogP contribution in [0.25, 0.3) is 0 Å². The molecular formula is C9H17NO2. The van der Waals surface area contributed by atoms with Crippen LogP contribution >= 0.6 is 0 Å². The maximum atomic E-state index is 10.4. The molecule has 0 saturated heterocycles. The third-order valence-electron chi connectivity index (χ3n) is 2.51. The quantitative estimate of drug-likeness (QED) is 0.675. The van der Waals surface area contributed by atoms with Crippen LogP contribution in [-0.2, 0) is 4.79 Å². The van der Waals surface area contributed by atoms with E-state index >= 15 is 0 Å². The molecule has 1 aliphatic carbocycles. The highest BCUT2D eigenvalue weighted by Gasteiger charge is 2.25. The van der Waals surface area contributed by atoms with Gasteiger partial charge in [-0.2, -0.15) is 0 Å². The lowest BCUT2D eigenvalue weighted by atomic mass is 10.1. The summed E-state index contributed by atoms with van der Waals surface area (Å²) in [4.78, 5) is 12.3. The molecule has 3 nitrogen and oxygen atoms in total. The lowest BCUT2D eigenvalue weighted by Gasteiger charge is -2.22. The van der Waals surface area contributed by atoms with Gasteiger partial charge in [-0.3, -0.25) is 9.69 Å². The van der Waals surface area contributed by atoms with Gasteiger partial charge in [0.15, 0.2) is 0 Å². The summed E-state index contributed by atoms with van der Waals surface area (Å²) < 4.78 is 0. The molecular weight excluding hydrogens is 154 g/mol. The molecule has 12 heavy (non-hydrogen) atoms. The van der Waals surface area contributed by atoms with E-state index in [2.05, 4.69) is 6.92 Å². The third kappa shape index (κ3) is 3.22. The van der Waals surface area contributed by atoms with Crippen LogP contribution in [0, 0.1) is 5.92 Å². The maximum Gasteiger partial charge on any atom is 0.317 e. The lowest BCUT2D eigenvalue weighted by Crippen LogP contribution is -2.34. The number of hydrogen-bond acceptors (Lipinski definition) is 2. The van der Waals surface area contributed by atoms with Crippen molar-refractivity contribution < 1.29 is 9.90 Å². The average molecular weight is 171 g/mol. The van der Waals surface area contributed by atoms with Crippen LogP contribution in [-0.4, -0.2) is 35.6 Å². The van der Waals surface area contributed by atoms with E-state index < -0.39 is 5.97 Å². The maximum absolute atomic E-state index is 10.4. The van der Waals surface area contributed by atoms with Crippen LogP contribution < -0.4 is 0 Å². The van der Waals surface area contributed by atoms with Crippen molar-refractivity contribution in [2.45, 2.75) is 32.2 Å². The zero-order valence-corrected chi connectivity index (χ0v) is 7.79. The predicted octanol–water partition coefficient (Wildman–Crippen LogP) is 1.19. The molecule has 0 spiro atoms. The number of carboxylic acids is 1. The fourth-order valence-electron chi connectivity index (χ4n) is 1.39. The normalized spacial score (nSPS) is 19.6. The number of rotatable bonds is 5. The summed E-state index contributed by atoms with van der Waals surface area (Å²) in [7, 11) is 1.88. The number of hydrogen-bond donors (Lipinski definition) is 1. The Kier molecular flexibility index (Phi) is 3.09. The van der Waals surface area contributed by atoms with Gasteiger partial charge in [0, 0.05) is 6.04 Å². The SMILES string of the molecule is CC(CC1CC1)N(C)CC(=O)O. The van der Waals surface area contributed by atoms with E-state index in [1.165, 1.54) is 12.8 Å². The third-order valence-corrected chi connectivity index (χ3v) is 2.51. The molecule has 1 unspecified atom stereocenters. The van der Waals surface area contributed by atoms with Gasteiger partial charge in [-0.1, -0.05) is 12.8 Å². The van der Waals surface area contributed by atoms with Crippen molar-refractivity contribution in [1.82, 2.24) is 4.90 Å². The molecule has 1 aliphatic rings. The predicted molar refractivity (Wildman–Crippen MR) is 47.1 cm³/mol. The number of carboxylic acid groups (broad SMARTS) is 1. The first-order valence-electron chi connectivity index (χ1n) is 4.51. The molecule has 1 atom stereocenters. The minimum Gasteiger partial charge on any atom is -0.480 e. The molecule has 0 aliphatic heterocycles. The molecule has 70 valence electrons. The molecule has 1 fully saturated rings. The van der Waals surface area contributed by atoms with E-state index in [9.17, 15) is 4.79 Å². The van der Waals surface area contributed by atoms with Gasteiger partial charge in [-0.05, 0) is 26.3 Å². The summed E-state index contributed by atoms with van der Waals surface area (Å²) in [5.41, 5.74) is 0. The Morgan fingerprint density at radius 3 is 2.67 bits per heavy atom. The van der Waals surface area contributed by atoms with Gasteiger partial charge < -0.3 is 5.11 Å². The molecule has 1 N–H and O–H groups in total. The Morgan fingerprint density at radius 1 is 1.67 bits per heavy atom. The number of likely N-dealkylation sites (N-methyl/N-ethyl adjacent to an activating group) is 1. The van der Waals surface area contributed by atoms with Gasteiger partial charge in [0.1, 0.15) is 0 Å². The summed E-state index contributed by atoms with van der Waals surface area (Å²) in [5.74, 6) is 0.136. The summed E-state index contributed by atoms with van der Waals surface area (Å²) in [6.07, 6.45) is 3.83. The van der Waals surface area contributed by atoms with Gasteiger partial charge in [-0.25, -0.2) is 0 Å². The van der Waals surface area contributed by atoms with Gasteiger partial charge in [0.25, 0.3) is 0 Å². The van der Waals surface area contributed by atoms with Gasteiger partial charge in [0.05, 0.1) is 6.54 Å². The zero-order chi connectivity index (χ0) is 9.14. The Morgan fingerprint density at radius 2 is 2.25 bits per heavy atom. The highest BCUT2D eigenvalue weighted by Crippen LogP contribution is 2.34. The Balaban J connectivity index is 2.19. The highest BCUT2D eigenvalue weighted by molar-refractivity contribution is 5.69. The van der Waals surface area contributed by atoms with Crippen LogP contribution in [0.5, 0.6) is 0 Å². The van der Waals surface area contributed by atoms with Crippen LogP contribution in [0.15, 0.2) is 0 Å². The van der Waals surface area contributed by atoms with Crippen molar-refractivity contribution in [3.8, 4) is 0 Å². The summed E-state index contributed by atoms with van der Waals surface area (Å²) in [6.45, 7) is 2.26. The smallest absolute Gasteiger partial charge is 0.317 e. The van der Waals surface area contributed by atoms with Crippen LogP contribution in [0.4, 0.5) is 0 Å². The van der Waals surface area contributed by atoms with Crippen molar-refractivity contribution in [3.63, 3.8) is 0 Å². The number of carbonyl (C=O) groups is 1. The molecule has 1 saturated carbocycles. The second-order valence-electron chi connectivity index (χ2n) is 3.84. The Bertz CT molecular complexity index is 166. The fourth-order valence-corrected chi connectivity index (χ4v) is 1.39. The lowest BCUT2D eigenvalue weighted by molar-refractivity contribution is -0.138. The Hall–Kier alpha value is -0.570. The summed E-state index contributed by atoms with van der Waals surface area (Å²) in [6, 6.07) is 0.411. The van der Waals surface area contributed by atoms with Crippen molar-refractivity contribution >= 4 is 5.97 Å². The molecule has 0 radical (unpaired) electrons. The Labute approximate surface area is 73.4 Å². The standard InChI is InChI=1S/C9H17NO2/c1-7(5-8-3-4-8)10(2)6-9(11)12/h7-8H,3-6H2,1-2H3,(H,11,12).